The summed E-state index contributed by atoms with van der Waals surface area (Å²) in [6.07, 6.45) is 1.81. The van der Waals surface area contributed by atoms with E-state index < -0.39 is 0 Å². The number of carbonyl (C=O) groups is 1. The van der Waals surface area contributed by atoms with Gasteiger partial charge in [-0.3, -0.25) is 4.79 Å². The molecule has 4 aromatic rings. The SMILES string of the molecule is O=C(c1ccc(CSc2nc3ccccc3s2)cc1)N1CCN(c2ccccn2)CC1. The standard InChI is InChI=1S/C24H22N4OS2/c29-23(28-15-13-27(14-16-28)22-7-3-4-12-25-22)19-10-8-18(9-11-19)17-30-24-26-20-5-1-2-6-21(20)31-24/h1-12H,13-17H2. The van der Waals surface area contributed by atoms with Crippen LogP contribution in [0.2, 0.25) is 0 Å². The lowest BCUT2D eigenvalue weighted by Gasteiger charge is -2.35. The van der Waals surface area contributed by atoms with Crippen molar-refractivity contribution in [3.05, 3.63) is 84.1 Å². The molecule has 5 nitrogen and oxygen atoms in total. The van der Waals surface area contributed by atoms with Crippen LogP contribution in [0, 0.1) is 0 Å². The first-order valence-corrected chi connectivity index (χ1v) is 12.1. The minimum Gasteiger partial charge on any atom is -0.353 e. The molecule has 156 valence electrons. The summed E-state index contributed by atoms with van der Waals surface area (Å²) in [4.78, 5) is 26.2. The number of hydrogen-bond acceptors (Lipinski definition) is 6. The molecule has 1 aliphatic rings. The van der Waals surface area contributed by atoms with Gasteiger partial charge in [0.1, 0.15) is 5.82 Å². The van der Waals surface area contributed by atoms with E-state index in [2.05, 4.69) is 33.1 Å². The van der Waals surface area contributed by atoms with Gasteiger partial charge in [-0.15, -0.1) is 11.3 Å². The lowest BCUT2D eigenvalue weighted by Crippen LogP contribution is -2.49. The molecule has 0 spiro atoms. The molecular formula is C24H22N4OS2. The third-order valence-electron chi connectivity index (χ3n) is 5.38. The van der Waals surface area contributed by atoms with E-state index in [4.69, 9.17) is 0 Å². The highest BCUT2D eigenvalue weighted by Crippen LogP contribution is 2.31. The van der Waals surface area contributed by atoms with Crippen molar-refractivity contribution in [3.8, 4) is 0 Å². The number of pyridine rings is 1. The second-order valence-corrected chi connectivity index (χ2v) is 9.65. The molecule has 0 atom stereocenters. The van der Waals surface area contributed by atoms with E-state index in [1.54, 1.807) is 23.1 Å². The average molecular weight is 447 g/mol. The minimum atomic E-state index is 0.103. The monoisotopic (exact) mass is 446 g/mol. The van der Waals surface area contributed by atoms with Crippen molar-refractivity contribution in [2.45, 2.75) is 10.1 Å². The molecule has 2 aromatic carbocycles. The summed E-state index contributed by atoms with van der Waals surface area (Å²) in [6, 6.07) is 22.1. The number of piperazine rings is 1. The number of fused-ring (bicyclic) bond motifs is 1. The van der Waals surface area contributed by atoms with Crippen LogP contribution in [0.15, 0.2) is 77.3 Å². The van der Waals surface area contributed by atoms with Crippen LogP contribution >= 0.6 is 23.1 Å². The van der Waals surface area contributed by atoms with Gasteiger partial charge in [-0.25, -0.2) is 9.97 Å². The van der Waals surface area contributed by atoms with Crippen LogP contribution in [0.1, 0.15) is 15.9 Å². The first kappa shape index (κ1) is 20.0. The number of rotatable bonds is 5. The third-order valence-corrected chi connectivity index (χ3v) is 7.63. The van der Waals surface area contributed by atoms with Crippen molar-refractivity contribution >= 4 is 45.0 Å². The molecular weight excluding hydrogens is 424 g/mol. The molecule has 5 rings (SSSR count). The molecule has 31 heavy (non-hydrogen) atoms. The molecule has 1 fully saturated rings. The normalized spacial score (nSPS) is 14.2. The highest BCUT2D eigenvalue weighted by atomic mass is 32.2. The molecule has 1 saturated heterocycles. The molecule has 0 bridgehead atoms. The quantitative estimate of drug-likeness (QED) is 0.406. The maximum atomic E-state index is 12.9. The van der Waals surface area contributed by atoms with Crippen LogP contribution in [-0.4, -0.2) is 47.0 Å². The van der Waals surface area contributed by atoms with E-state index in [9.17, 15) is 4.79 Å². The summed E-state index contributed by atoms with van der Waals surface area (Å²) in [5.41, 5.74) is 3.00. The highest BCUT2D eigenvalue weighted by Gasteiger charge is 2.22. The van der Waals surface area contributed by atoms with Gasteiger partial charge in [0.25, 0.3) is 5.91 Å². The van der Waals surface area contributed by atoms with Gasteiger partial charge in [-0.1, -0.05) is 42.1 Å². The smallest absolute Gasteiger partial charge is 0.253 e. The molecule has 0 aliphatic carbocycles. The highest BCUT2D eigenvalue weighted by molar-refractivity contribution is 8.00. The fourth-order valence-electron chi connectivity index (χ4n) is 3.66. The van der Waals surface area contributed by atoms with Crippen molar-refractivity contribution in [3.63, 3.8) is 0 Å². The molecule has 1 aliphatic heterocycles. The Morgan fingerprint density at radius 2 is 1.71 bits per heavy atom. The predicted molar refractivity (Wildman–Crippen MR) is 128 cm³/mol. The fraction of sp³-hybridized carbons (Fsp3) is 0.208. The zero-order chi connectivity index (χ0) is 21.0. The topological polar surface area (TPSA) is 49.3 Å². The molecule has 0 N–H and O–H groups in total. The van der Waals surface area contributed by atoms with Gasteiger partial charge in [0.05, 0.1) is 10.2 Å². The maximum absolute atomic E-state index is 12.9. The Hall–Kier alpha value is -2.90. The summed E-state index contributed by atoms with van der Waals surface area (Å²) in [7, 11) is 0. The molecule has 1 amide bonds. The average Bonchev–Trinajstić information content (AvgIpc) is 3.26. The Morgan fingerprint density at radius 3 is 2.45 bits per heavy atom. The summed E-state index contributed by atoms with van der Waals surface area (Å²) in [6.45, 7) is 3.04. The van der Waals surface area contributed by atoms with E-state index in [0.717, 1.165) is 40.1 Å². The zero-order valence-electron chi connectivity index (χ0n) is 17.0. The Bertz CT molecular complexity index is 1140. The van der Waals surface area contributed by atoms with Crippen molar-refractivity contribution in [1.29, 1.82) is 0 Å². The number of nitrogens with zero attached hydrogens (tertiary/aromatic N) is 4. The van der Waals surface area contributed by atoms with Crippen molar-refractivity contribution in [2.24, 2.45) is 0 Å². The number of aromatic nitrogens is 2. The number of amides is 1. The number of carbonyl (C=O) groups excluding carboxylic acids is 1. The van der Waals surface area contributed by atoms with Crippen molar-refractivity contribution in [1.82, 2.24) is 14.9 Å². The maximum Gasteiger partial charge on any atom is 0.253 e. The lowest BCUT2D eigenvalue weighted by atomic mass is 10.1. The van der Waals surface area contributed by atoms with Gasteiger partial charge < -0.3 is 9.80 Å². The van der Waals surface area contributed by atoms with E-state index in [1.165, 1.54) is 10.3 Å². The van der Waals surface area contributed by atoms with E-state index >= 15 is 0 Å². The van der Waals surface area contributed by atoms with Crippen molar-refractivity contribution in [2.75, 3.05) is 31.1 Å². The van der Waals surface area contributed by atoms with Gasteiger partial charge in [-0.05, 0) is 42.0 Å². The summed E-state index contributed by atoms with van der Waals surface area (Å²) >= 11 is 3.46. The first-order valence-electron chi connectivity index (χ1n) is 10.3. The number of thiazole rings is 1. The molecule has 3 heterocycles. The van der Waals surface area contributed by atoms with Crippen LogP contribution in [-0.2, 0) is 5.75 Å². The molecule has 2 aromatic heterocycles. The van der Waals surface area contributed by atoms with Crippen LogP contribution in [0.4, 0.5) is 5.82 Å². The third kappa shape index (κ3) is 4.57. The largest absolute Gasteiger partial charge is 0.353 e. The Kier molecular flexibility index (Phi) is 5.86. The summed E-state index contributed by atoms with van der Waals surface area (Å²) in [5, 5.41) is 0. The van der Waals surface area contributed by atoms with E-state index in [0.29, 0.717) is 13.1 Å². The fourth-order valence-corrected chi connectivity index (χ4v) is 5.69. The van der Waals surface area contributed by atoms with Crippen LogP contribution < -0.4 is 4.90 Å². The number of thioether (sulfide) groups is 1. The second kappa shape index (κ2) is 9.08. The van der Waals surface area contributed by atoms with Gasteiger partial charge in [-0.2, -0.15) is 0 Å². The van der Waals surface area contributed by atoms with E-state index in [1.807, 2.05) is 59.6 Å². The number of anilines is 1. The number of benzene rings is 2. The van der Waals surface area contributed by atoms with E-state index in [-0.39, 0.29) is 5.91 Å². The summed E-state index contributed by atoms with van der Waals surface area (Å²) in [5.74, 6) is 1.92. The first-order chi connectivity index (χ1) is 15.3. The Morgan fingerprint density at radius 1 is 0.935 bits per heavy atom. The zero-order valence-corrected chi connectivity index (χ0v) is 18.6. The van der Waals surface area contributed by atoms with Gasteiger partial charge in [0.15, 0.2) is 4.34 Å². The molecule has 0 radical (unpaired) electrons. The molecule has 7 heteroatoms. The predicted octanol–water partition coefficient (Wildman–Crippen LogP) is 4.95. The molecule has 0 saturated carbocycles. The van der Waals surface area contributed by atoms with Gasteiger partial charge in [0.2, 0.25) is 0 Å². The van der Waals surface area contributed by atoms with Crippen molar-refractivity contribution < 1.29 is 4.79 Å². The van der Waals surface area contributed by atoms with Crippen LogP contribution in [0.3, 0.4) is 0 Å². The van der Waals surface area contributed by atoms with Gasteiger partial charge >= 0.3 is 0 Å². The van der Waals surface area contributed by atoms with Gasteiger partial charge in [0, 0.05) is 43.7 Å². The Balaban J connectivity index is 1.16. The second-order valence-electron chi connectivity index (χ2n) is 7.40. The number of para-hydroxylation sites is 1. The minimum absolute atomic E-state index is 0.103. The summed E-state index contributed by atoms with van der Waals surface area (Å²) < 4.78 is 2.29. The molecule has 0 unspecified atom stereocenters. The Labute approximate surface area is 189 Å². The lowest BCUT2D eigenvalue weighted by molar-refractivity contribution is 0.0746. The number of hydrogen-bond donors (Lipinski definition) is 0. The van der Waals surface area contributed by atoms with Crippen LogP contribution in [0.5, 0.6) is 0 Å². The van der Waals surface area contributed by atoms with Crippen LogP contribution in [0.25, 0.3) is 10.2 Å².